The first-order valence-corrected chi connectivity index (χ1v) is 4.98. The van der Waals surface area contributed by atoms with E-state index in [1.54, 1.807) is 32.3 Å². The van der Waals surface area contributed by atoms with E-state index in [4.69, 9.17) is 0 Å². The van der Waals surface area contributed by atoms with Crippen molar-refractivity contribution in [3.05, 3.63) is 50.6 Å². The van der Waals surface area contributed by atoms with Gasteiger partial charge in [0, 0.05) is 20.2 Å². The van der Waals surface area contributed by atoms with Gasteiger partial charge in [-0.2, -0.15) is 0 Å². The van der Waals surface area contributed by atoms with Crippen LogP contribution in [0.3, 0.4) is 0 Å². The molecule has 1 aromatic carbocycles. The summed E-state index contributed by atoms with van der Waals surface area (Å²) in [5.74, 6) is 0. The highest BCUT2D eigenvalue weighted by molar-refractivity contribution is 5.79. The number of nitro groups is 1. The smallest absolute Gasteiger partial charge is 0.295 e. The lowest BCUT2D eigenvalue weighted by atomic mass is 10.2. The molecule has 17 heavy (non-hydrogen) atoms. The Morgan fingerprint density at radius 2 is 1.88 bits per heavy atom. The molecule has 2 rings (SSSR count). The van der Waals surface area contributed by atoms with Crippen LogP contribution in [-0.4, -0.2) is 14.1 Å². The summed E-state index contributed by atoms with van der Waals surface area (Å²) in [5.41, 5.74) is 2.13. The minimum absolute atomic E-state index is 0.115. The molecular weight excluding hydrogens is 222 g/mol. The van der Waals surface area contributed by atoms with Crippen LogP contribution in [0, 0.1) is 10.1 Å². The third-order valence-corrected chi connectivity index (χ3v) is 2.68. The average Bonchev–Trinajstić information content (AvgIpc) is 2.52. The number of rotatable bonds is 2. The van der Waals surface area contributed by atoms with E-state index in [-0.39, 0.29) is 5.69 Å². The summed E-state index contributed by atoms with van der Waals surface area (Å²) in [4.78, 5) is 21.4. The van der Waals surface area contributed by atoms with Crippen molar-refractivity contribution >= 4 is 17.1 Å². The van der Waals surface area contributed by atoms with Crippen molar-refractivity contribution in [1.29, 1.82) is 0 Å². The molecule has 0 aliphatic heterocycles. The van der Waals surface area contributed by atoms with Crippen molar-refractivity contribution in [3.63, 3.8) is 0 Å². The molecule has 0 saturated heterocycles. The maximum absolute atomic E-state index is 11.7. The molecule has 0 aliphatic rings. The summed E-state index contributed by atoms with van der Waals surface area (Å²) >= 11 is 0. The Hall–Kier alpha value is -2.37. The van der Waals surface area contributed by atoms with E-state index in [9.17, 15) is 14.9 Å². The van der Waals surface area contributed by atoms with Crippen molar-refractivity contribution in [3.8, 4) is 0 Å². The molecule has 0 N–H and O–H groups in total. The van der Waals surface area contributed by atoms with Crippen LogP contribution in [0.25, 0.3) is 17.1 Å². The van der Waals surface area contributed by atoms with Crippen LogP contribution in [0.5, 0.6) is 0 Å². The second-order valence-corrected chi connectivity index (χ2v) is 3.75. The minimum atomic E-state index is -0.520. The van der Waals surface area contributed by atoms with E-state index in [0.29, 0.717) is 5.56 Å². The fourth-order valence-corrected chi connectivity index (χ4v) is 1.77. The monoisotopic (exact) mass is 233 g/mol. The molecule has 88 valence electrons. The molecule has 0 fully saturated rings. The number of fused-ring (bicyclic) bond motifs is 1. The number of nitrogens with zero attached hydrogens (tertiary/aromatic N) is 3. The summed E-state index contributed by atoms with van der Waals surface area (Å²) < 4.78 is 3.05. The molecule has 0 radical (unpaired) electrons. The number of aryl methyl sites for hydroxylation is 2. The number of imidazole rings is 1. The zero-order valence-electron chi connectivity index (χ0n) is 9.45. The number of aromatic nitrogens is 2. The lowest BCUT2D eigenvalue weighted by Crippen LogP contribution is -2.19. The van der Waals surface area contributed by atoms with Gasteiger partial charge in [-0.25, -0.2) is 4.79 Å². The lowest BCUT2D eigenvalue weighted by molar-refractivity contribution is -0.400. The van der Waals surface area contributed by atoms with Gasteiger partial charge >= 0.3 is 5.69 Å². The predicted molar refractivity (Wildman–Crippen MR) is 64.2 cm³/mol. The summed E-state index contributed by atoms with van der Waals surface area (Å²) in [6, 6.07) is 5.26. The number of hydrogen-bond acceptors (Lipinski definition) is 3. The maximum Gasteiger partial charge on any atom is 0.328 e. The molecule has 1 heterocycles. The van der Waals surface area contributed by atoms with E-state index in [2.05, 4.69) is 0 Å². The van der Waals surface area contributed by atoms with Crippen LogP contribution in [0.15, 0.2) is 29.2 Å². The Bertz CT molecular complexity index is 679. The Balaban J connectivity index is 2.62. The van der Waals surface area contributed by atoms with E-state index >= 15 is 0 Å². The summed E-state index contributed by atoms with van der Waals surface area (Å²) in [6.07, 6.45) is 2.28. The molecule has 6 nitrogen and oxygen atoms in total. The van der Waals surface area contributed by atoms with Crippen molar-refractivity contribution in [1.82, 2.24) is 9.13 Å². The fourth-order valence-electron chi connectivity index (χ4n) is 1.77. The Morgan fingerprint density at radius 3 is 2.53 bits per heavy atom. The summed E-state index contributed by atoms with van der Waals surface area (Å²) in [6.45, 7) is 0. The maximum atomic E-state index is 11.7. The van der Waals surface area contributed by atoms with Gasteiger partial charge in [0.05, 0.1) is 16.0 Å². The minimum Gasteiger partial charge on any atom is -0.295 e. The van der Waals surface area contributed by atoms with E-state index in [1.807, 2.05) is 0 Å². The van der Waals surface area contributed by atoms with Crippen molar-refractivity contribution < 1.29 is 4.92 Å². The third-order valence-electron chi connectivity index (χ3n) is 2.68. The van der Waals surface area contributed by atoms with Crippen molar-refractivity contribution in [2.45, 2.75) is 0 Å². The second kappa shape index (κ2) is 3.89. The van der Waals surface area contributed by atoms with Crippen LogP contribution in [0.2, 0.25) is 0 Å². The molecule has 0 saturated carbocycles. The predicted octanol–water partition coefficient (Wildman–Crippen LogP) is 1.12. The second-order valence-electron chi connectivity index (χ2n) is 3.75. The highest BCUT2D eigenvalue weighted by Crippen LogP contribution is 2.14. The topological polar surface area (TPSA) is 70.1 Å². The van der Waals surface area contributed by atoms with Gasteiger partial charge in [-0.05, 0) is 17.7 Å². The van der Waals surface area contributed by atoms with Crippen LogP contribution in [0.4, 0.5) is 0 Å². The largest absolute Gasteiger partial charge is 0.328 e. The lowest BCUT2D eigenvalue weighted by Gasteiger charge is -1.96. The Kier molecular flexibility index (Phi) is 2.55. The molecule has 0 amide bonds. The molecule has 0 bridgehead atoms. The van der Waals surface area contributed by atoms with Crippen molar-refractivity contribution in [2.75, 3.05) is 0 Å². The first-order valence-electron chi connectivity index (χ1n) is 4.98. The molecule has 0 spiro atoms. The quantitative estimate of drug-likeness (QED) is 0.576. The highest BCUT2D eigenvalue weighted by Gasteiger charge is 2.07. The Morgan fingerprint density at radius 1 is 1.24 bits per heavy atom. The van der Waals surface area contributed by atoms with Gasteiger partial charge in [-0.1, -0.05) is 6.07 Å². The van der Waals surface area contributed by atoms with Gasteiger partial charge in [0.1, 0.15) is 0 Å². The van der Waals surface area contributed by atoms with Crippen LogP contribution in [0.1, 0.15) is 5.56 Å². The van der Waals surface area contributed by atoms with Gasteiger partial charge in [-0.3, -0.25) is 19.2 Å². The summed E-state index contributed by atoms with van der Waals surface area (Å²) in [5, 5.41) is 10.2. The number of hydrogen-bond donors (Lipinski definition) is 0. The molecule has 0 aliphatic carbocycles. The molecule has 6 heteroatoms. The van der Waals surface area contributed by atoms with Gasteiger partial charge in [-0.15, -0.1) is 0 Å². The zero-order valence-corrected chi connectivity index (χ0v) is 9.45. The van der Waals surface area contributed by atoms with Gasteiger partial charge in [0.25, 0.3) is 0 Å². The molecule has 0 unspecified atom stereocenters. The Labute approximate surface area is 96.5 Å². The summed E-state index contributed by atoms with van der Waals surface area (Å²) in [7, 11) is 3.36. The highest BCUT2D eigenvalue weighted by atomic mass is 16.6. The first kappa shape index (κ1) is 11.1. The molecule has 2 aromatic rings. The zero-order chi connectivity index (χ0) is 12.6. The van der Waals surface area contributed by atoms with E-state index < -0.39 is 4.92 Å². The van der Waals surface area contributed by atoms with E-state index in [0.717, 1.165) is 17.2 Å². The number of benzene rings is 1. The molecule has 1 aromatic heterocycles. The van der Waals surface area contributed by atoms with E-state index in [1.165, 1.54) is 15.2 Å². The molecular formula is C11H11N3O3. The fraction of sp³-hybridized carbons (Fsp3) is 0.182. The SMILES string of the molecule is Cn1c(=O)n(C)c2cc(/C=C/[N+](=O)[O-])ccc21. The normalized spacial score (nSPS) is 11.4. The molecule has 0 atom stereocenters. The van der Waals surface area contributed by atoms with Gasteiger partial charge < -0.3 is 0 Å². The average molecular weight is 233 g/mol. The standard InChI is InChI=1S/C11H11N3O3/c1-12-9-4-3-8(5-6-14(16)17)7-10(9)13(2)11(12)15/h3-7H,1-2H3/b6-5+. The van der Waals surface area contributed by atoms with Crippen molar-refractivity contribution in [2.24, 2.45) is 14.1 Å². The third kappa shape index (κ3) is 1.84. The van der Waals surface area contributed by atoms with Crippen LogP contribution >= 0.6 is 0 Å². The van der Waals surface area contributed by atoms with Gasteiger partial charge in [0.2, 0.25) is 6.20 Å². The first-order chi connectivity index (χ1) is 8.00. The van der Waals surface area contributed by atoms with Gasteiger partial charge in [0.15, 0.2) is 0 Å². The van der Waals surface area contributed by atoms with Crippen LogP contribution in [-0.2, 0) is 14.1 Å². The van der Waals surface area contributed by atoms with Crippen LogP contribution < -0.4 is 5.69 Å².